The van der Waals surface area contributed by atoms with Gasteiger partial charge in [0, 0.05) is 29.1 Å². The maximum Gasteiger partial charge on any atom is 0.269 e. The van der Waals surface area contributed by atoms with Gasteiger partial charge in [0.1, 0.15) is 18.2 Å². The quantitative estimate of drug-likeness (QED) is 0.889. The van der Waals surface area contributed by atoms with Crippen molar-refractivity contribution < 1.29 is 9.53 Å². The minimum absolute atomic E-state index is 0.0115. The lowest BCUT2D eigenvalue weighted by molar-refractivity contribution is -0.116. The summed E-state index contributed by atoms with van der Waals surface area (Å²) < 4.78 is 6.29. The Labute approximate surface area is 150 Å². The van der Waals surface area contributed by atoms with E-state index < -0.39 is 5.56 Å². The van der Waals surface area contributed by atoms with Gasteiger partial charge in [-0.15, -0.1) is 0 Å². The van der Waals surface area contributed by atoms with Crippen molar-refractivity contribution in [2.75, 3.05) is 12.4 Å². The van der Waals surface area contributed by atoms with Crippen LogP contribution in [-0.2, 0) is 22.7 Å². The van der Waals surface area contributed by atoms with Crippen molar-refractivity contribution in [1.29, 1.82) is 5.26 Å². The number of methoxy groups -OCH3 is 1. The van der Waals surface area contributed by atoms with E-state index >= 15 is 0 Å². The predicted molar refractivity (Wildman–Crippen MR) is 95.7 cm³/mol. The van der Waals surface area contributed by atoms with Crippen LogP contribution in [0.2, 0.25) is 5.02 Å². The molecule has 0 unspecified atom stereocenters. The maximum absolute atomic E-state index is 12.5. The van der Waals surface area contributed by atoms with Crippen LogP contribution in [0, 0.1) is 25.2 Å². The number of hydrogen-bond acceptors (Lipinski definition) is 4. The van der Waals surface area contributed by atoms with Crippen LogP contribution in [0.15, 0.2) is 29.1 Å². The second-order valence-electron chi connectivity index (χ2n) is 5.63. The number of amides is 1. The Hall–Kier alpha value is -2.62. The number of nitrogens with zero attached hydrogens (tertiary/aromatic N) is 2. The Morgan fingerprint density at radius 2 is 2.08 bits per heavy atom. The number of hydrogen-bond donors (Lipinski definition) is 1. The molecule has 0 atom stereocenters. The van der Waals surface area contributed by atoms with Crippen LogP contribution in [0.25, 0.3) is 0 Å². The van der Waals surface area contributed by atoms with E-state index in [0.717, 1.165) is 5.56 Å². The van der Waals surface area contributed by atoms with Gasteiger partial charge in [-0.2, -0.15) is 5.26 Å². The summed E-state index contributed by atoms with van der Waals surface area (Å²) in [5, 5.41) is 12.6. The van der Waals surface area contributed by atoms with E-state index in [1.807, 2.05) is 13.0 Å². The molecule has 130 valence electrons. The summed E-state index contributed by atoms with van der Waals surface area (Å²) in [6, 6.07) is 8.70. The first-order chi connectivity index (χ1) is 11.9. The van der Waals surface area contributed by atoms with Crippen molar-refractivity contribution in [3.05, 3.63) is 62.0 Å². The molecule has 6 nitrogen and oxygen atoms in total. The summed E-state index contributed by atoms with van der Waals surface area (Å²) in [6.45, 7) is 3.52. The fraction of sp³-hybridized carbons (Fsp3) is 0.278. The van der Waals surface area contributed by atoms with Crippen LogP contribution in [0.5, 0.6) is 0 Å². The van der Waals surface area contributed by atoms with Gasteiger partial charge in [0.05, 0.1) is 6.61 Å². The van der Waals surface area contributed by atoms with Crippen molar-refractivity contribution in [2.45, 2.75) is 27.0 Å². The van der Waals surface area contributed by atoms with E-state index in [2.05, 4.69) is 5.32 Å². The Morgan fingerprint density at radius 3 is 2.68 bits per heavy atom. The molecule has 1 N–H and O–H groups in total. The van der Waals surface area contributed by atoms with E-state index in [9.17, 15) is 14.9 Å². The molecule has 1 amide bonds. The van der Waals surface area contributed by atoms with E-state index in [4.69, 9.17) is 16.3 Å². The number of aryl methyl sites for hydroxylation is 2. The van der Waals surface area contributed by atoms with E-state index in [0.29, 0.717) is 22.0 Å². The lowest BCUT2D eigenvalue weighted by Crippen LogP contribution is -2.31. The molecule has 0 fully saturated rings. The first-order valence-corrected chi connectivity index (χ1v) is 7.93. The molecule has 0 aliphatic carbocycles. The number of benzene rings is 1. The number of aromatic nitrogens is 1. The zero-order valence-corrected chi connectivity index (χ0v) is 15.0. The molecule has 0 saturated carbocycles. The fourth-order valence-electron chi connectivity index (χ4n) is 2.49. The average Bonchev–Trinajstić information content (AvgIpc) is 2.55. The highest BCUT2D eigenvalue weighted by molar-refractivity contribution is 6.31. The number of nitrogens with one attached hydrogen (secondary N) is 1. The average molecular weight is 360 g/mol. The Bertz CT molecular complexity index is 913. The molecule has 25 heavy (non-hydrogen) atoms. The highest BCUT2D eigenvalue weighted by Crippen LogP contribution is 2.19. The molecule has 0 aliphatic rings. The van der Waals surface area contributed by atoms with E-state index in [1.54, 1.807) is 31.2 Å². The van der Waals surface area contributed by atoms with Gasteiger partial charge in [-0.3, -0.25) is 9.59 Å². The normalized spacial score (nSPS) is 10.4. The van der Waals surface area contributed by atoms with Gasteiger partial charge in [-0.05, 0) is 43.7 Å². The van der Waals surface area contributed by atoms with Crippen molar-refractivity contribution in [3.8, 4) is 6.07 Å². The van der Waals surface area contributed by atoms with Crippen LogP contribution in [-0.4, -0.2) is 17.6 Å². The summed E-state index contributed by atoms with van der Waals surface area (Å²) >= 11 is 5.96. The van der Waals surface area contributed by atoms with Crippen LogP contribution in [0.3, 0.4) is 0 Å². The van der Waals surface area contributed by atoms with Crippen LogP contribution in [0.1, 0.15) is 22.4 Å². The first kappa shape index (κ1) is 18.7. The van der Waals surface area contributed by atoms with Gasteiger partial charge in [-0.25, -0.2) is 0 Å². The highest BCUT2D eigenvalue weighted by atomic mass is 35.5. The third-order valence-corrected chi connectivity index (χ3v) is 4.17. The molecule has 1 aromatic carbocycles. The number of anilines is 1. The smallest absolute Gasteiger partial charge is 0.269 e. The number of pyridine rings is 1. The molecule has 2 rings (SSSR count). The Morgan fingerprint density at radius 1 is 1.36 bits per heavy atom. The zero-order valence-electron chi connectivity index (χ0n) is 14.2. The number of carbonyl (C=O) groups is 1. The second kappa shape index (κ2) is 7.97. The molecule has 0 bridgehead atoms. The summed E-state index contributed by atoms with van der Waals surface area (Å²) in [4.78, 5) is 24.8. The number of ether oxygens (including phenoxy) is 1. The topological polar surface area (TPSA) is 84.1 Å². The first-order valence-electron chi connectivity index (χ1n) is 7.55. The number of carbonyl (C=O) groups excluding carboxylic acids is 1. The molecule has 7 heteroatoms. The molecule has 2 aromatic rings. The largest absolute Gasteiger partial charge is 0.380 e. The van der Waals surface area contributed by atoms with E-state index in [-0.39, 0.29) is 24.6 Å². The maximum atomic E-state index is 12.5. The summed E-state index contributed by atoms with van der Waals surface area (Å²) in [5.74, 6) is -0.365. The van der Waals surface area contributed by atoms with Crippen molar-refractivity contribution in [2.24, 2.45) is 0 Å². The van der Waals surface area contributed by atoms with Crippen LogP contribution >= 0.6 is 11.6 Å². The summed E-state index contributed by atoms with van der Waals surface area (Å²) in [5.41, 5.74) is 2.01. The zero-order chi connectivity index (χ0) is 18.6. The van der Waals surface area contributed by atoms with Crippen LogP contribution in [0.4, 0.5) is 5.69 Å². The minimum atomic E-state index is -0.503. The summed E-state index contributed by atoms with van der Waals surface area (Å²) in [6.07, 6.45) is 0. The Balaban J connectivity index is 2.27. The lowest BCUT2D eigenvalue weighted by Gasteiger charge is -2.13. The third kappa shape index (κ3) is 4.27. The van der Waals surface area contributed by atoms with Crippen molar-refractivity contribution in [1.82, 2.24) is 4.57 Å². The number of rotatable bonds is 5. The monoisotopic (exact) mass is 359 g/mol. The lowest BCUT2D eigenvalue weighted by atomic mass is 10.1. The molecule has 0 radical (unpaired) electrons. The van der Waals surface area contributed by atoms with Gasteiger partial charge in [-0.1, -0.05) is 11.6 Å². The number of nitriles is 1. The molecule has 1 heterocycles. The van der Waals surface area contributed by atoms with Crippen molar-refractivity contribution in [3.63, 3.8) is 0 Å². The van der Waals surface area contributed by atoms with Gasteiger partial charge in [0.25, 0.3) is 5.56 Å². The van der Waals surface area contributed by atoms with Crippen LogP contribution < -0.4 is 10.9 Å². The summed E-state index contributed by atoms with van der Waals surface area (Å²) in [7, 11) is 1.49. The highest BCUT2D eigenvalue weighted by Gasteiger charge is 2.15. The molecular weight excluding hydrogens is 342 g/mol. The SMILES string of the molecule is COCc1cc(C)n(CC(=O)Nc2ccc(Cl)c(C)c2)c(=O)c1C#N. The molecule has 0 saturated heterocycles. The van der Waals surface area contributed by atoms with Gasteiger partial charge in [0.2, 0.25) is 5.91 Å². The standard InChI is InChI=1S/C18H18ClN3O3/c1-11-6-14(4-5-16(11)19)21-17(23)9-22-12(2)7-13(10-25-3)15(8-20)18(22)24/h4-7H,9-10H2,1-3H3,(H,21,23). The molecule has 0 spiro atoms. The predicted octanol–water partition coefficient (Wildman–Crippen LogP) is 2.78. The van der Waals surface area contributed by atoms with Gasteiger partial charge >= 0.3 is 0 Å². The van der Waals surface area contributed by atoms with Gasteiger partial charge in [0.15, 0.2) is 0 Å². The van der Waals surface area contributed by atoms with E-state index in [1.165, 1.54) is 11.7 Å². The Kier molecular flexibility index (Phi) is 5.97. The molecule has 1 aromatic heterocycles. The minimum Gasteiger partial charge on any atom is -0.380 e. The molecule has 0 aliphatic heterocycles. The van der Waals surface area contributed by atoms with Gasteiger partial charge < -0.3 is 14.6 Å². The van der Waals surface area contributed by atoms with Crippen molar-refractivity contribution >= 4 is 23.2 Å². The second-order valence-corrected chi connectivity index (χ2v) is 6.04. The molecular formula is C18H18ClN3O3. The number of halogens is 1. The third-order valence-electron chi connectivity index (χ3n) is 3.74. The fourth-order valence-corrected chi connectivity index (χ4v) is 2.60.